The van der Waals surface area contributed by atoms with Crippen LogP contribution in [-0.2, 0) is 47.5 Å². The van der Waals surface area contributed by atoms with Crippen LogP contribution >= 0.6 is 0 Å². The van der Waals surface area contributed by atoms with Crippen molar-refractivity contribution in [2.24, 2.45) is 22.7 Å². The smallest absolute Gasteiger partial charge is 0.407 e. The number of hydrogen-bond donors (Lipinski definition) is 3. The van der Waals surface area contributed by atoms with Crippen molar-refractivity contribution in [3.63, 3.8) is 0 Å². The van der Waals surface area contributed by atoms with Gasteiger partial charge < -0.3 is 53.4 Å². The van der Waals surface area contributed by atoms with E-state index in [1.165, 1.54) is 6.92 Å². The Morgan fingerprint density at radius 2 is 1.76 bits per heavy atom. The Morgan fingerprint density at radius 1 is 1.07 bits per heavy atom. The van der Waals surface area contributed by atoms with Gasteiger partial charge in [-0.25, -0.2) is 9.59 Å². The normalized spacial score (nSPS) is 40.6. The van der Waals surface area contributed by atoms with Crippen molar-refractivity contribution in [3.8, 4) is 0 Å². The fourth-order valence-electron chi connectivity index (χ4n) is 11.5. The Kier molecular flexibility index (Phi) is 11.5. The molecule has 59 heavy (non-hydrogen) atoms. The second kappa shape index (κ2) is 15.5. The topological polar surface area (TPSA) is 178 Å². The predicted molar refractivity (Wildman–Crippen MR) is 213 cm³/mol. The van der Waals surface area contributed by atoms with Crippen molar-refractivity contribution >= 4 is 18.0 Å². The molecule has 6 aliphatic rings. The first kappa shape index (κ1) is 43.7. The zero-order valence-electron chi connectivity index (χ0n) is 36.0. The van der Waals surface area contributed by atoms with Crippen LogP contribution in [0.1, 0.15) is 100 Å². The van der Waals surface area contributed by atoms with E-state index >= 15 is 0 Å². The average molecular weight is 826 g/mol. The first-order valence-corrected chi connectivity index (χ1v) is 21.0. The maximum atomic E-state index is 14.2. The molecule has 3 N–H and O–H groups in total. The molecule has 14 nitrogen and oxygen atoms in total. The van der Waals surface area contributed by atoms with Gasteiger partial charge in [-0.1, -0.05) is 57.7 Å². The van der Waals surface area contributed by atoms with Crippen molar-refractivity contribution < 1.29 is 62.5 Å². The van der Waals surface area contributed by atoms with Crippen LogP contribution in [0.5, 0.6) is 0 Å². The molecule has 3 aliphatic heterocycles. The Balaban J connectivity index is 1.39. The van der Waals surface area contributed by atoms with Gasteiger partial charge in [0.1, 0.15) is 35.6 Å². The molecule has 1 aromatic rings. The number of carbonyl (C=O) groups excluding carboxylic acids is 3. The molecule has 14 heteroatoms. The van der Waals surface area contributed by atoms with Crippen molar-refractivity contribution in [2.45, 2.75) is 166 Å². The summed E-state index contributed by atoms with van der Waals surface area (Å²) in [6.07, 6.45) is -6.49. The molecule has 3 unspecified atom stereocenters. The monoisotopic (exact) mass is 825 g/mol. The number of carbonyl (C=O) groups is 3. The summed E-state index contributed by atoms with van der Waals surface area (Å²) >= 11 is 0. The van der Waals surface area contributed by atoms with E-state index in [-0.39, 0.29) is 32.0 Å². The Hall–Kier alpha value is -3.37. The van der Waals surface area contributed by atoms with E-state index in [2.05, 4.69) is 18.8 Å². The van der Waals surface area contributed by atoms with E-state index in [0.29, 0.717) is 17.6 Å². The largest absolute Gasteiger partial charge is 0.456 e. The molecule has 7 rings (SSSR count). The summed E-state index contributed by atoms with van der Waals surface area (Å²) in [6, 6.07) is 8.44. The number of ether oxygens (including phenoxy) is 8. The number of aliphatic hydroxyl groups is 2. The SMILES string of the molecule is C=C[C@H]1O[C@H]2C[C@H]3OC[C@@]3(OC(C)=O)C3[C@@H]4OC(c5ccccc5)C(C)(O)[C@]45C[C@H](OC(=O)[C@H](O)[C@H](CC(C)C)NC(=O)OC(C)(C)C)C(C)=C5[C@H](OCC)[C@H](O1)[C@@]32C. The highest BCUT2D eigenvalue weighted by Gasteiger charge is 2.83. The van der Waals surface area contributed by atoms with Crippen LogP contribution in [0.3, 0.4) is 0 Å². The maximum Gasteiger partial charge on any atom is 0.407 e. The Labute approximate surface area is 347 Å². The third-order valence-electron chi connectivity index (χ3n) is 13.8. The summed E-state index contributed by atoms with van der Waals surface area (Å²) in [5.41, 5.74) is -4.02. The van der Waals surface area contributed by atoms with E-state index in [9.17, 15) is 24.6 Å². The van der Waals surface area contributed by atoms with Gasteiger partial charge >= 0.3 is 18.0 Å². The molecular formula is C45H63NO13. The lowest BCUT2D eigenvalue weighted by molar-refractivity contribution is -0.392. The number of nitrogens with one attached hydrogen (secondary N) is 1. The van der Waals surface area contributed by atoms with Gasteiger partial charge in [-0.15, -0.1) is 0 Å². The van der Waals surface area contributed by atoms with E-state index in [1.54, 1.807) is 33.8 Å². The van der Waals surface area contributed by atoms with Crippen molar-refractivity contribution in [2.75, 3.05) is 13.2 Å². The summed E-state index contributed by atoms with van der Waals surface area (Å²) in [6.45, 7) is 22.3. The molecule has 5 fully saturated rings. The van der Waals surface area contributed by atoms with Crippen LogP contribution in [0.15, 0.2) is 54.1 Å². The molecule has 326 valence electrons. The highest BCUT2D eigenvalue weighted by atomic mass is 16.7. The summed E-state index contributed by atoms with van der Waals surface area (Å²) < 4.78 is 52.1. The molecule has 0 bridgehead atoms. The molecule has 0 radical (unpaired) electrons. The first-order chi connectivity index (χ1) is 27.7. The van der Waals surface area contributed by atoms with Gasteiger partial charge in [0.05, 0.1) is 36.4 Å². The molecule has 3 saturated heterocycles. The highest BCUT2D eigenvalue weighted by molar-refractivity contribution is 5.77. The lowest BCUT2D eigenvalue weighted by Gasteiger charge is -2.67. The lowest BCUT2D eigenvalue weighted by atomic mass is 9.50. The van der Waals surface area contributed by atoms with Gasteiger partial charge in [-0.3, -0.25) is 4.79 Å². The standard InChI is InChI=1S/C45H63NO13/c1-12-31-55-29-20-30-45(22-53-30,58-25(6)47)35-38-44(43(11,51)36(57-38)26-17-15-14-16-18-26)21-28(24(5)32(44)34(52-13-2)37(56-31)42(29,35)10)54-39(49)33(48)27(19-23(3)4)46-40(50)59-41(7,8)9/h12,14-18,23,27-31,33-38,48,51H,1,13,19-22H2,2-11H3,(H,46,50)/t27-,28-,29-,30+,31-,33+,34-,35?,36?,37-,38-,42+,43?,44-,45-/m0/s1. The number of benzene rings is 1. The van der Waals surface area contributed by atoms with Gasteiger partial charge in [0, 0.05) is 37.7 Å². The second-order valence-electron chi connectivity index (χ2n) is 19.1. The fraction of sp³-hybridized carbons (Fsp3) is 0.711. The molecule has 1 amide bonds. The number of amides is 1. The zero-order valence-corrected chi connectivity index (χ0v) is 36.0. The van der Waals surface area contributed by atoms with Gasteiger partial charge in [0.15, 0.2) is 18.0 Å². The van der Waals surface area contributed by atoms with E-state index in [0.717, 1.165) is 5.56 Å². The molecule has 3 aliphatic carbocycles. The quantitative estimate of drug-likeness (QED) is 0.150. The molecule has 1 spiro atoms. The summed E-state index contributed by atoms with van der Waals surface area (Å²) in [4.78, 5) is 40.3. The zero-order chi connectivity index (χ0) is 43.0. The minimum Gasteiger partial charge on any atom is -0.456 e. The number of esters is 2. The fourth-order valence-corrected chi connectivity index (χ4v) is 11.5. The van der Waals surface area contributed by atoms with Crippen LogP contribution in [0.4, 0.5) is 4.79 Å². The van der Waals surface area contributed by atoms with Gasteiger partial charge in [-0.2, -0.15) is 0 Å². The number of aliphatic hydroxyl groups excluding tert-OH is 1. The van der Waals surface area contributed by atoms with E-state index < -0.39 is 113 Å². The average Bonchev–Trinajstić information content (AvgIpc) is 3.52. The van der Waals surface area contributed by atoms with Crippen LogP contribution in [-0.4, -0.2) is 113 Å². The maximum absolute atomic E-state index is 14.2. The minimum absolute atomic E-state index is 0.0112. The van der Waals surface area contributed by atoms with Crippen molar-refractivity contribution in [3.05, 3.63) is 59.7 Å². The van der Waals surface area contributed by atoms with E-state index in [1.807, 2.05) is 58.0 Å². The number of alkyl carbamates (subject to hydrolysis) is 1. The molecular weight excluding hydrogens is 762 g/mol. The second-order valence-corrected chi connectivity index (χ2v) is 19.1. The molecule has 15 atom stereocenters. The van der Waals surface area contributed by atoms with Crippen molar-refractivity contribution in [1.82, 2.24) is 5.32 Å². The summed E-state index contributed by atoms with van der Waals surface area (Å²) in [7, 11) is 0. The first-order valence-electron chi connectivity index (χ1n) is 21.0. The molecule has 3 heterocycles. The van der Waals surface area contributed by atoms with E-state index in [4.69, 9.17) is 37.9 Å². The number of fused-ring (bicyclic) bond motifs is 3. The third kappa shape index (κ3) is 6.94. The minimum atomic E-state index is -1.75. The van der Waals surface area contributed by atoms with Crippen molar-refractivity contribution in [1.29, 1.82) is 0 Å². The van der Waals surface area contributed by atoms with Crippen LogP contribution in [0.25, 0.3) is 0 Å². The van der Waals surface area contributed by atoms with Gasteiger partial charge in [-0.05, 0) is 76.7 Å². The van der Waals surface area contributed by atoms with Crippen LogP contribution in [0, 0.1) is 22.7 Å². The summed E-state index contributed by atoms with van der Waals surface area (Å²) in [5, 5.41) is 27.8. The molecule has 0 aromatic heterocycles. The Bertz CT molecular complexity index is 1820. The predicted octanol–water partition coefficient (Wildman–Crippen LogP) is 5.24. The molecule has 1 aromatic carbocycles. The molecule has 2 saturated carbocycles. The van der Waals surface area contributed by atoms with Crippen LogP contribution in [0.2, 0.25) is 0 Å². The van der Waals surface area contributed by atoms with Gasteiger partial charge in [0.25, 0.3) is 0 Å². The summed E-state index contributed by atoms with van der Waals surface area (Å²) in [5.74, 6) is -2.15. The highest BCUT2D eigenvalue weighted by Crippen LogP contribution is 2.74. The Morgan fingerprint density at radius 3 is 2.34 bits per heavy atom. The van der Waals surface area contributed by atoms with Gasteiger partial charge in [0.2, 0.25) is 0 Å². The number of rotatable bonds is 11. The van der Waals surface area contributed by atoms with Crippen LogP contribution < -0.4 is 5.32 Å². The lowest BCUT2D eigenvalue weighted by Crippen LogP contribution is -2.79. The third-order valence-corrected chi connectivity index (χ3v) is 13.8. The number of hydrogen-bond acceptors (Lipinski definition) is 13.